The van der Waals surface area contributed by atoms with Crippen LogP contribution in [0.4, 0.5) is 0 Å². The topological polar surface area (TPSA) is 44.8 Å². The summed E-state index contributed by atoms with van der Waals surface area (Å²) in [5.41, 5.74) is -0.441. The van der Waals surface area contributed by atoms with E-state index in [2.05, 4.69) is 69.2 Å². The minimum absolute atomic E-state index is 0.0536. The van der Waals surface area contributed by atoms with Crippen LogP contribution >= 0.6 is 0 Å². The second-order valence-electron chi connectivity index (χ2n) is 20.4. The second kappa shape index (κ2) is 32.4. The van der Waals surface area contributed by atoms with Gasteiger partial charge in [0.2, 0.25) is 0 Å². The first-order chi connectivity index (χ1) is 25.6. The van der Waals surface area contributed by atoms with Gasteiger partial charge in [0.05, 0.1) is 30.3 Å². The van der Waals surface area contributed by atoms with Crippen molar-refractivity contribution in [3.8, 4) is 0 Å². The molecule has 0 aromatic carbocycles. The van der Waals surface area contributed by atoms with Crippen LogP contribution in [0.5, 0.6) is 0 Å². The van der Waals surface area contributed by atoms with Crippen LogP contribution < -0.4 is 0 Å². The smallest absolute Gasteiger partial charge is 0.308 e. The van der Waals surface area contributed by atoms with Crippen molar-refractivity contribution in [3.05, 3.63) is 0 Å². The molecule has 0 heterocycles. The van der Waals surface area contributed by atoms with Crippen molar-refractivity contribution in [1.29, 1.82) is 0 Å². The van der Waals surface area contributed by atoms with Gasteiger partial charge in [-0.1, -0.05) is 208 Å². The standard InChI is InChI=1S/C50H100O4/c1-12-14-16-18-20-22-24-26-28-30-32-34-36-38-45(39-37-35-33-31-29-27-25-23-21-19-17-15-13-2)46(51)53-44-48(5,6)42-47(3,4)43-50(9,10)54-41-40-49(7,8)52-11/h45H,12-44H2,1-11H3. The molecule has 0 saturated heterocycles. The molecule has 0 fully saturated rings. The minimum Gasteiger partial charge on any atom is -0.465 e. The number of carbonyl (C=O) groups is 1. The van der Waals surface area contributed by atoms with E-state index in [1.54, 1.807) is 7.11 Å². The molecule has 0 bridgehead atoms. The highest BCUT2D eigenvalue weighted by Gasteiger charge is 2.36. The van der Waals surface area contributed by atoms with Crippen LogP contribution in [0.25, 0.3) is 0 Å². The van der Waals surface area contributed by atoms with Gasteiger partial charge in [-0.05, 0) is 70.6 Å². The third kappa shape index (κ3) is 33.5. The molecule has 0 amide bonds. The summed E-state index contributed by atoms with van der Waals surface area (Å²) in [6.07, 6.45) is 40.1. The van der Waals surface area contributed by atoms with E-state index in [1.807, 2.05) is 0 Å². The van der Waals surface area contributed by atoms with Gasteiger partial charge in [0.15, 0.2) is 0 Å². The molecule has 0 saturated carbocycles. The van der Waals surface area contributed by atoms with Crippen LogP contribution in [0.3, 0.4) is 0 Å². The first kappa shape index (κ1) is 53.4. The molecule has 0 atom stereocenters. The summed E-state index contributed by atoms with van der Waals surface area (Å²) in [5.74, 6) is 0.112. The number of esters is 1. The van der Waals surface area contributed by atoms with Crippen molar-refractivity contribution in [3.63, 3.8) is 0 Å². The highest BCUT2D eigenvalue weighted by atomic mass is 16.5. The van der Waals surface area contributed by atoms with Crippen LogP contribution in [0, 0.1) is 16.7 Å². The summed E-state index contributed by atoms with van der Waals surface area (Å²) in [6, 6.07) is 0. The quantitative estimate of drug-likeness (QED) is 0.0460. The Hall–Kier alpha value is -0.610. The van der Waals surface area contributed by atoms with E-state index < -0.39 is 0 Å². The molecule has 324 valence electrons. The summed E-state index contributed by atoms with van der Waals surface area (Å²) >= 11 is 0. The number of carbonyl (C=O) groups excluding carboxylic acids is 1. The van der Waals surface area contributed by atoms with Gasteiger partial charge in [0.25, 0.3) is 0 Å². The zero-order chi connectivity index (χ0) is 40.6. The first-order valence-electron chi connectivity index (χ1n) is 23.9. The monoisotopic (exact) mass is 765 g/mol. The Labute approximate surface area is 340 Å². The van der Waals surface area contributed by atoms with E-state index in [9.17, 15) is 4.79 Å². The van der Waals surface area contributed by atoms with E-state index in [4.69, 9.17) is 14.2 Å². The lowest BCUT2D eigenvalue weighted by Crippen LogP contribution is -2.37. The van der Waals surface area contributed by atoms with Gasteiger partial charge in [-0.15, -0.1) is 0 Å². The summed E-state index contributed by atoms with van der Waals surface area (Å²) in [5, 5.41) is 0. The van der Waals surface area contributed by atoms with E-state index in [0.717, 1.165) is 44.9 Å². The fourth-order valence-corrected chi connectivity index (χ4v) is 8.87. The van der Waals surface area contributed by atoms with E-state index >= 15 is 0 Å². The lowest BCUT2D eigenvalue weighted by Gasteiger charge is -2.40. The Balaban J connectivity index is 4.77. The van der Waals surface area contributed by atoms with Crippen LogP contribution in [-0.4, -0.2) is 37.5 Å². The van der Waals surface area contributed by atoms with Gasteiger partial charge in [0.1, 0.15) is 0 Å². The number of unbranched alkanes of at least 4 members (excludes halogenated alkanes) is 24. The highest BCUT2D eigenvalue weighted by Crippen LogP contribution is 2.41. The number of rotatable bonds is 40. The number of methoxy groups -OCH3 is 1. The van der Waals surface area contributed by atoms with Gasteiger partial charge in [-0.25, -0.2) is 0 Å². The zero-order valence-electron chi connectivity index (χ0n) is 39.0. The van der Waals surface area contributed by atoms with E-state index in [1.165, 1.54) is 154 Å². The van der Waals surface area contributed by atoms with Crippen molar-refractivity contribution in [2.75, 3.05) is 20.3 Å². The lowest BCUT2D eigenvalue weighted by molar-refractivity contribution is -0.153. The molecule has 4 nitrogen and oxygen atoms in total. The van der Waals surface area contributed by atoms with Crippen LogP contribution in [-0.2, 0) is 19.0 Å². The molecule has 0 aliphatic heterocycles. The molecule has 0 radical (unpaired) electrons. The van der Waals surface area contributed by atoms with Gasteiger partial charge in [-0.2, -0.15) is 0 Å². The number of hydrogen-bond acceptors (Lipinski definition) is 4. The largest absolute Gasteiger partial charge is 0.465 e. The van der Waals surface area contributed by atoms with Crippen LogP contribution in [0.1, 0.15) is 268 Å². The van der Waals surface area contributed by atoms with E-state index in [0.29, 0.717) is 13.2 Å². The molecule has 0 rings (SSSR count). The van der Waals surface area contributed by atoms with Gasteiger partial charge < -0.3 is 14.2 Å². The molecule has 0 aromatic rings. The van der Waals surface area contributed by atoms with Gasteiger partial charge in [-0.3, -0.25) is 4.79 Å². The predicted molar refractivity (Wildman–Crippen MR) is 238 cm³/mol. The Bertz CT molecular complexity index is 814. The maximum absolute atomic E-state index is 13.7. The van der Waals surface area contributed by atoms with Crippen molar-refractivity contribution in [2.24, 2.45) is 16.7 Å². The Morgan fingerprint density at radius 2 is 0.815 bits per heavy atom. The lowest BCUT2D eigenvalue weighted by atomic mass is 9.71. The molecule has 0 spiro atoms. The third-order valence-corrected chi connectivity index (χ3v) is 11.9. The minimum atomic E-state index is -0.229. The summed E-state index contributed by atoms with van der Waals surface area (Å²) in [6.45, 7) is 23.6. The molecule has 0 aliphatic rings. The van der Waals surface area contributed by atoms with Crippen LogP contribution in [0.2, 0.25) is 0 Å². The Kier molecular flexibility index (Phi) is 32.0. The average Bonchev–Trinajstić information content (AvgIpc) is 3.09. The van der Waals surface area contributed by atoms with Crippen molar-refractivity contribution in [2.45, 2.75) is 279 Å². The summed E-state index contributed by atoms with van der Waals surface area (Å²) in [4.78, 5) is 13.7. The average molecular weight is 765 g/mol. The molecular weight excluding hydrogens is 665 g/mol. The predicted octanol–water partition coefficient (Wildman–Crippen LogP) is 16.6. The van der Waals surface area contributed by atoms with Crippen LogP contribution in [0.15, 0.2) is 0 Å². The fourth-order valence-electron chi connectivity index (χ4n) is 8.87. The molecular formula is C50H100O4. The zero-order valence-corrected chi connectivity index (χ0v) is 39.0. The Morgan fingerprint density at radius 3 is 1.17 bits per heavy atom. The highest BCUT2D eigenvalue weighted by molar-refractivity contribution is 5.72. The Morgan fingerprint density at radius 1 is 0.463 bits per heavy atom. The SMILES string of the molecule is CCCCCCCCCCCCCCCC(CCCCCCCCCCCCCCC)C(=O)OCC(C)(C)CC(C)(C)CC(C)(C)OCCC(C)(C)OC. The maximum Gasteiger partial charge on any atom is 0.308 e. The second-order valence-corrected chi connectivity index (χ2v) is 20.4. The van der Waals surface area contributed by atoms with Crippen molar-refractivity contribution in [1.82, 2.24) is 0 Å². The molecule has 0 N–H and O–H groups in total. The van der Waals surface area contributed by atoms with Gasteiger partial charge >= 0.3 is 5.97 Å². The van der Waals surface area contributed by atoms with Gasteiger partial charge in [0, 0.05) is 7.11 Å². The molecule has 0 unspecified atom stereocenters. The van der Waals surface area contributed by atoms with Crippen molar-refractivity contribution < 1.29 is 19.0 Å². The normalized spacial score (nSPS) is 13.0. The first-order valence-corrected chi connectivity index (χ1v) is 23.9. The molecule has 0 aliphatic carbocycles. The maximum atomic E-state index is 13.7. The number of ether oxygens (including phenoxy) is 3. The van der Waals surface area contributed by atoms with E-state index in [-0.39, 0.29) is 33.9 Å². The summed E-state index contributed by atoms with van der Waals surface area (Å²) in [7, 11) is 1.77. The molecule has 0 aromatic heterocycles. The summed E-state index contributed by atoms with van der Waals surface area (Å²) < 4.78 is 18.2. The molecule has 4 heteroatoms. The molecule has 54 heavy (non-hydrogen) atoms. The fraction of sp³-hybridized carbons (Fsp3) is 0.980. The third-order valence-electron chi connectivity index (χ3n) is 11.9. The number of hydrogen-bond donors (Lipinski definition) is 0. The van der Waals surface area contributed by atoms with Crippen molar-refractivity contribution >= 4 is 5.97 Å².